The summed E-state index contributed by atoms with van der Waals surface area (Å²) in [4.78, 5) is 38.3. The Balaban J connectivity index is 2.28. The first kappa shape index (κ1) is 21.4. The molecule has 1 rings (SSSR count). The summed E-state index contributed by atoms with van der Waals surface area (Å²) in [5, 5.41) is 8.98. The number of carbonyl (C=O) groups excluding carboxylic acids is 2. The van der Waals surface area contributed by atoms with E-state index in [4.69, 9.17) is 9.84 Å². The zero-order chi connectivity index (χ0) is 19.0. The number of aliphatic carboxylic acids is 1. The number of amides is 2. The van der Waals surface area contributed by atoms with Crippen molar-refractivity contribution in [2.45, 2.75) is 52.6 Å². The van der Waals surface area contributed by atoms with Gasteiger partial charge in [0.25, 0.3) is 0 Å². The highest BCUT2D eigenvalue weighted by Crippen LogP contribution is 2.17. The number of carboxylic acids is 1. The van der Waals surface area contributed by atoms with Crippen LogP contribution in [0.3, 0.4) is 0 Å². The third kappa shape index (κ3) is 7.86. The van der Waals surface area contributed by atoms with Crippen LogP contribution in [-0.2, 0) is 19.1 Å². The monoisotopic (exact) mass is 356 g/mol. The van der Waals surface area contributed by atoms with Crippen LogP contribution in [0.2, 0.25) is 0 Å². The highest BCUT2D eigenvalue weighted by molar-refractivity contribution is 5.85. The number of carboxylic acid groups (broad SMARTS) is 1. The second-order valence-electron chi connectivity index (χ2n) is 7.30. The van der Waals surface area contributed by atoms with Gasteiger partial charge in [0.15, 0.2) is 0 Å². The van der Waals surface area contributed by atoms with Crippen LogP contribution in [0.25, 0.3) is 0 Å². The van der Waals surface area contributed by atoms with E-state index in [0.717, 1.165) is 6.42 Å². The third-order valence-electron chi connectivity index (χ3n) is 4.52. The van der Waals surface area contributed by atoms with Crippen LogP contribution in [-0.4, -0.2) is 72.1 Å². The second kappa shape index (κ2) is 10.4. The van der Waals surface area contributed by atoms with Gasteiger partial charge in [-0.3, -0.25) is 14.4 Å². The van der Waals surface area contributed by atoms with Crippen molar-refractivity contribution >= 4 is 17.8 Å². The second-order valence-corrected chi connectivity index (χ2v) is 7.30. The van der Waals surface area contributed by atoms with E-state index in [0.29, 0.717) is 38.5 Å². The van der Waals surface area contributed by atoms with Gasteiger partial charge in [-0.1, -0.05) is 13.8 Å². The van der Waals surface area contributed by atoms with Crippen LogP contribution in [0, 0.1) is 11.8 Å². The third-order valence-corrected chi connectivity index (χ3v) is 4.52. The van der Waals surface area contributed by atoms with Crippen molar-refractivity contribution in [3.05, 3.63) is 0 Å². The number of rotatable bonds is 9. The quantitative estimate of drug-likeness (QED) is 0.678. The fourth-order valence-corrected chi connectivity index (χ4v) is 3.04. The summed E-state index contributed by atoms with van der Waals surface area (Å²) in [5.74, 6) is -0.866. The summed E-state index contributed by atoms with van der Waals surface area (Å²) in [5.41, 5.74) is 0. The minimum Gasteiger partial charge on any atom is -0.481 e. The molecule has 0 aromatic heterocycles. The molecule has 1 aliphatic heterocycles. The molecule has 0 aliphatic carbocycles. The van der Waals surface area contributed by atoms with Crippen LogP contribution >= 0.6 is 0 Å². The summed E-state index contributed by atoms with van der Waals surface area (Å²) in [6.07, 6.45) is 2.28. The Morgan fingerprint density at radius 1 is 1.20 bits per heavy atom. The molecule has 0 aromatic rings. The van der Waals surface area contributed by atoms with Crippen LogP contribution in [0.5, 0.6) is 0 Å². The van der Waals surface area contributed by atoms with Crippen molar-refractivity contribution in [3.8, 4) is 0 Å². The van der Waals surface area contributed by atoms with Gasteiger partial charge in [-0.25, -0.2) is 0 Å². The van der Waals surface area contributed by atoms with E-state index in [-0.39, 0.29) is 36.8 Å². The van der Waals surface area contributed by atoms with Gasteiger partial charge < -0.3 is 19.6 Å². The van der Waals surface area contributed by atoms with Gasteiger partial charge in [-0.2, -0.15) is 0 Å². The normalized spacial score (nSPS) is 16.8. The summed E-state index contributed by atoms with van der Waals surface area (Å²) in [6, 6.07) is 0. The Labute approximate surface area is 150 Å². The van der Waals surface area contributed by atoms with Gasteiger partial charge in [0.1, 0.15) is 0 Å². The molecule has 2 amide bonds. The number of ether oxygens (including phenoxy) is 1. The van der Waals surface area contributed by atoms with E-state index < -0.39 is 5.97 Å². The molecule has 0 bridgehead atoms. The van der Waals surface area contributed by atoms with Crippen LogP contribution in [0.15, 0.2) is 0 Å². The molecule has 1 fully saturated rings. The number of piperidine rings is 1. The molecule has 1 N–H and O–H groups in total. The summed E-state index contributed by atoms with van der Waals surface area (Å²) >= 11 is 0. The van der Waals surface area contributed by atoms with E-state index in [1.165, 1.54) is 4.90 Å². The van der Waals surface area contributed by atoms with Gasteiger partial charge in [0.05, 0.1) is 31.6 Å². The molecule has 144 valence electrons. The Morgan fingerprint density at radius 2 is 1.80 bits per heavy atom. The number of hydrogen-bond donors (Lipinski definition) is 1. The molecule has 25 heavy (non-hydrogen) atoms. The molecule has 7 nitrogen and oxygen atoms in total. The summed E-state index contributed by atoms with van der Waals surface area (Å²) < 4.78 is 5.63. The van der Waals surface area contributed by atoms with Crippen molar-refractivity contribution in [2.24, 2.45) is 11.8 Å². The molecular formula is C18H32N2O5. The molecule has 1 unspecified atom stereocenters. The zero-order valence-corrected chi connectivity index (χ0v) is 15.9. The van der Waals surface area contributed by atoms with Crippen molar-refractivity contribution in [1.29, 1.82) is 0 Å². The first-order valence-electron chi connectivity index (χ1n) is 9.06. The Morgan fingerprint density at radius 3 is 2.32 bits per heavy atom. The number of hydrogen-bond acceptors (Lipinski definition) is 4. The predicted molar refractivity (Wildman–Crippen MR) is 94.1 cm³/mol. The Bertz CT molecular complexity index is 458. The van der Waals surface area contributed by atoms with Crippen molar-refractivity contribution in [3.63, 3.8) is 0 Å². The van der Waals surface area contributed by atoms with E-state index in [9.17, 15) is 14.4 Å². The largest absolute Gasteiger partial charge is 0.481 e. The molecule has 0 spiro atoms. The maximum absolute atomic E-state index is 12.2. The average molecular weight is 356 g/mol. The maximum Gasteiger partial charge on any atom is 0.306 e. The van der Waals surface area contributed by atoms with Crippen molar-refractivity contribution < 1.29 is 24.2 Å². The highest BCUT2D eigenvalue weighted by atomic mass is 16.5. The number of nitrogens with zero attached hydrogens (tertiary/aromatic N) is 2. The van der Waals surface area contributed by atoms with Crippen molar-refractivity contribution in [2.75, 3.05) is 33.3 Å². The Hall–Kier alpha value is -1.63. The van der Waals surface area contributed by atoms with E-state index in [2.05, 4.69) is 13.8 Å². The average Bonchev–Trinajstić information content (AvgIpc) is 2.53. The van der Waals surface area contributed by atoms with Crippen molar-refractivity contribution in [1.82, 2.24) is 9.80 Å². The van der Waals surface area contributed by atoms with Crippen LogP contribution in [0.1, 0.15) is 46.5 Å². The number of carbonyl (C=O) groups is 3. The fraction of sp³-hybridized carbons (Fsp3) is 0.833. The molecule has 1 heterocycles. The van der Waals surface area contributed by atoms with Gasteiger partial charge in [0, 0.05) is 20.1 Å². The highest BCUT2D eigenvalue weighted by Gasteiger charge is 2.27. The lowest BCUT2D eigenvalue weighted by atomic mass is 9.97. The smallest absolute Gasteiger partial charge is 0.306 e. The molecule has 0 saturated carbocycles. The van der Waals surface area contributed by atoms with E-state index in [1.54, 1.807) is 11.9 Å². The molecular weight excluding hydrogens is 324 g/mol. The maximum atomic E-state index is 12.2. The topological polar surface area (TPSA) is 87.2 Å². The fourth-order valence-electron chi connectivity index (χ4n) is 3.04. The van der Waals surface area contributed by atoms with E-state index in [1.807, 2.05) is 6.92 Å². The van der Waals surface area contributed by atoms with Crippen LogP contribution in [0.4, 0.5) is 0 Å². The Kier molecular flexibility index (Phi) is 8.89. The number of likely N-dealkylation sites (tertiary alicyclic amines) is 1. The van der Waals surface area contributed by atoms with E-state index >= 15 is 0 Å². The van der Waals surface area contributed by atoms with Crippen LogP contribution < -0.4 is 0 Å². The van der Waals surface area contributed by atoms with Gasteiger partial charge in [-0.15, -0.1) is 0 Å². The molecule has 1 atom stereocenters. The lowest BCUT2D eigenvalue weighted by Crippen LogP contribution is -2.45. The summed E-state index contributed by atoms with van der Waals surface area (Å²) in [6.45, 7) is 7.51. The molecule has 0 aromatic carbocycles. The first-order valence-corrected chi connectivity index (χ1v) is 9.06. The predicted octanol–water partition coefficient (Wildman–Crippen LogP) is 1.61. The lowest BCUT2D eigenvalue weighted by molar-refractivity contribution is -0.146. The minimum atomic E-state index is -0.800. The minimum absolute atomic E-state index is 0.0259. The molecule has 0 radical (unpaired) electrons. The lowest BCUT2D eigenvalue weighted by Gasteiger charge is -2.31. The first-order chi connectivity index (χ1) is 11.7. The number of likely N-dealkylation sites (N-methyl/N-ethyl adjacent to an activating group) is 1. The van der Waals surface area contributed by atoms with Gasteiger partial charge in [-0.05, 0) is 32.1 Å². The zero-order valence-electron chi connectivity index (χ0n) is 15.9. The van der Waals surface area contributed by atoms with Gasteiger partial charge >= 0.3 is 5.97 Å². The molecule has 1 saturated heterocycles. The van der Waals surface area contributed by atoms with Gasteiger partial charge in [0.2, 0.25) is 11.8 Å². The standard InChI is InChI=1S/C18H32N2O5/c1-13(2)11-14(3)25-10-7-16(21)19(4)12-17(22)20-8-5-15(6-9-20)18(23)24/h13-15H,5-12H2,1-4H3,(H,23,24). The molecule has 1 aliphatic rings. The summed E-state index contributed by atoms with van der Waals surface area (Å²) in [7, 11) is 1.61. The molecule has 7 heteroatoms. The SMILES string of the molecule is CC(C)CC(C)OCCC(=O)N(C)CC(=O)N1CCC(C(=O)O)CC1.